The molecule has 2 heterocycles. The maximum Gasteiger partial charge on any atom is 0.231 e. The summed E-state index contributed by atoms with van der Waals surface area (Å²) in [6.07, 6.45) is 0. The summed E-state index contributed by atoms with van der Waals surface area (Å²) in [6, 6.07) is 15.9. The molecule has 0 aliphatic rings. The SMILES string of the molecule is C[C@@H](NC(=O)CSc1nnnn1-c1ccc(O)cc1)c1cc2ccccc2o1. The molecule has 0 saturated heterocycles. The van der Waals surface area contributed by atoms with Crippen LogP contribution in [0.5, 0.6) is 5.75 Å². The van der Waals surface area contributed by atoms with E-state index in [1.54, 1.807) is 24.3 Å². The van der Waals surface area contributed by atoms with Crippen molar-refractivity contribution in [1.82, 2.24) is 25.5 Å². The van der Waals surface area contributed by atoms with Gasteiger partial charge in [-0.3, -0.25) is 4.79 Å². The van der Waals surface area contributed by atoms with Gasteiger partial charge in [-0.15, -0.1) is 5.10 Å². The zero-order chi connectivity index (χ0) is 19.5. The Morgan fingerprint density at radius 1 is 1.25 bits per heavy atom. The Labute approximate surface area is 164 Å². The number of aromatic nitrogens is 4. The molecule has 0 fully saturated rings. The number of phenolic OH excluding ortho intramolecular Hbond substituents is 1. The molecule has 8 nitrogen and oxygen atoms in total. The van der Waals surface area contributed by atoms with E-state index in [0.29, 0.717) is 16.6 Å². The van der Waals surface area contributed by atoms with E-state index < -0.39 is 0 Å². The summed E-state index contributed by atoms with van der Waals surface area (Å²) in [6.45, 7) is 1.88. The summed E-state index contributed by atoms with van der Waals surface area (Å²) in [5.74, 6) is 0.861. The number of tetrazole rings is 1. The minimum atomic E-state index is -0.256. The molecule has 4 rings (SSSR count). The zero-order valence-corrected chi connectivity index (χ0v) is 15.8. The summed E-state index contributed by atoms with van der Waals surface area (Å²) in [4.78, 5) is 12.3. The fourth-order valence-corrected chi connectivity index (χ4v) is 3.43. The minimum absolute atomic E-state index is 0.154. The van der Waals surface area contributed by atoms with Gasteiger partial charge in [-0.2, -0.15) is 4.68 Å². The van der Waals surface area contributed by atoms with Gasteiger partial charge in [0.1, 0.15) is 17.1 Å². The van der Waals surface area contributed by atoms with Crippen LogP contribution in [0.25, 0.3) is 16.7 Å². The lowest BCUT2D eigenvalue weighted by Crippen LogP contribution is -2.28. The molecule has 0 spiro atoms. The highest BCUT2D eigenvalue weighted by Gasteiger charge is 2.16. The molecule has 0 aliphatic heterocycles. The lowest BCUT2D eigenvalue weighted by atomic mass is 10.2. The third-order valence-corrected chi connectivity index (χ3v) is 5.04. The Morgan fingerprint density at radius 3 is 2.82 bits per heavy atom. The van der Waals surface area contributed by atoms with E-state index in [1.165, 1.54) is 16.4 Å². The first-order valence-corrected chi connectivity index (χ1v) is 9.57. The van der Waals surface area contributed by atoms with E-state index >= 15 is 0 Å². The van der Waals surface area contributed by atoms with E-state index in [4.69, 9.17) is 4.42 Å². The van der Waals surface area contributed by atoms with E-state index in [2.05, 4.69) is 20.8 Å². The largest absolute Gasteiger partial charge is 0.508 e. The molecule has 4 aromatic rings. The summed E-state index contributed by atoms with van der Waals surface area (Å²) in [5, 5.41) is 25.4. The fraction of sp³-hybridized carbons (Fsp3) is 0.158. The Bertz CT molecular complexity index is 1070. The van der Waals surface area contributed by atoms with Crippen LogP contribution in [-0.4, -0.2) is 37.0 Å². The van der Waals surface area contributed by atoms with Crippen molar-refractivity contribution in [3.05, 3.63) is 60.4 Å². The number of thioether (sulfide) groups is 1. The molecule has 0 radical (unpaired) electrons. The van der Waals surface area contributed by atoms with Crippen LogP contribution >= 0.6 is 11.8 Å². The van der Waals surface area contributed by atoms with Crippen molar-refractivity contribution in [3.63, 3.8) is 0 Å². The molecular formula is C19H17N5O3S. The summed E-state index contributed by atoms with van der Waals surface area (Å²) in [5.41, 5.74) is 1.49. The molecule has 2 aromatic carbocycles. The predicted molar refractivity (Wildman–Crippen MR) is 104 cm³/mol. The van der Waals surface area contributed by atoms with Crippen molar-refractivity contribution in [2.45, 2.75) is 18.1 Å². The third-order valence-electron chi connectivity index (χ3n) is 4.12. The smallest absolute Gasteiger partial charge is 0.231 e. The van der Waals surface area contributed by atoms with Crippen LogP contribution < -0.4 is 5.32 Å². The van der Waals surface area contributed by atoms with Crippen molar-refractivity contribution >= 4 is 28.6 Å². The van der Waals surface area contributed by atoms with Crippen molar-refractivity contribution < 1.29 is 14.3 Å². The summed E-state index contributed by atoms with van der Waals surface area (Å²) < 4.78 is 7.30. The topological polar surface area (TPSA) is 106 Å². The number of carbonyl (C=O) groups is 1. The van der Waals surface area contributed by atoms with Gasteiger partial charge in [0, 0.05) is 5.39 Å². The molecule has 142 valence electrons. The van der Waals surface area contributed by atoms with Crippen LogP contribution in [0.4, 0.5) is 0 Å². The zero-order valence-electron chi connectivity index (χ0n) is 14.9. The standard InChI is InChI=1S/C19H17N5O3S/c1-12(17-10-13-4-2-3-5-16(13)27-17)20-18(26)11-28-19-21-22-23-24(19)14-6-8-15(25)9-7-14/h2-10,12,25H,11H2,1H3,(H,20,26)/t12-/m1/s1. The van der Waals surface area contributed by atoms with Crippen molar-refractivity contribution in [2.24, 2.45) is 0 Å². The van der Waals surface area contributed by atoms with Gasteiger partial charge in [0.2, 0.25) is 11.1 Å². The first-order valence-electron chi connectivity index (χ1n) is 8.58. The van der Waals surface area contributed by atoms with Crippen molar-refractivity contribution in [3.8, 4) is 11.4 Å². The molecule has 9 heteroatoms. The first-order chi connectivity index (χ1) is 13.6. The van der Waals surface area contributed by atoms with E-state index in [1.807, 2.05) is 37.3 Å². The number of phenols is 1. The quantitative estimate of drug-likeness (QED) is 0.483. The number of aromatic hydroxyl groups is 1. The van der Waals surface area contributed by atoms with Gasteiger partial charge in [0.15, 0.2) is 0 Å². The van der Waals surface area contributed by atoms with Crippen LogP contribution in [0.2, 0.25) is 0 Å². The van der Waals surface area contributed by atoms with Crippen molar-refractivity contribution in [2.75, 3.05) is 5.75 Å². The molecule has 1 amide bonds. The molecule has 0 bridgehead atoms. The van der Waals surface area contributed by atoms with Gasteiger partial charge in [-0.05, 0) is 53.7 Å². The van der Waals surface area contributed by atoms with Gasteiger partial charge in [-0.25, -0.2) is 0 Å². The summed E-state index contributed by atoms with van der Waals surface area (Å²) in [7, 11) is 0. The van der Waals surface area contributed by atoms with E-state index in [-0.39, 0.29) is 23.5 Å². The molecule has 0 aliphatic carbocycles. The van der Waals surface area contributed by atoms with Gasteiger partial charge in [-0.1, -0.05) is 30.0 Å². The molecule has 28 heavy (non-hydrogen) atoms. The number of hydrogen-bond acceptors (Lipinski definition) is 7. The highest BCUT2D eigenvalue weighted by Crippen LogP contribution is 2.24. The van der Waals surface area contributed by atoms with E-state index in [0.717, 1.165) is 11.0 Å². The molecule has 1 atom stereocenters. The average Bonchev–Trinajstić information content (AvgIpc) is 3.34. The van der Waals surface area contributed by atoms with Gasteiger partial charge < -0.3 is 14.8 Å². The molecular weight excluding hydrogens is 378 g/mol. The van der Waals surface area contributed by atoms with Crippen LogP contribution in [0.15, 0.2) is 64.2 Å². The molecule has 0 saturated carbocycles. The first kappa shape index (κ1) is 18.1. The number of furan rings is 1. The number of nitrogens with one attached hydrogen (secondary N) is 1. The number of benzene rings is 2. The number of fused-ring (bicyclic) bond motifs is 1. The fourth-order valence-electron chi connectivity index (χ4n) is 2.72. The average molecular weight is 395 g/mol. The summed E-state index contributed by atoms with van der Waals surface area (Å²) >= 11 is 1.22. The van der Waals surface area contributed by atoms with Crippen LogP contribution in [-0.2, 0) is 4.79 Å². The Morgan fingerprint density at radius 2 is 2.04 bits per heavy atom. The number of para-hydroxylation sites is 1. The Hall–Kier alpha value is -3.33. The highest BCUT2D eigenvalue weighted by atomic mass is 32.2. The van der Waals surface area contributed by atoms with Gasteiger partial charge >= 0.3 is 0 Å². The highest BCUT2D eigenvalue weighted by molar-refractivity contribution is 7.99. The maximum absolute atomic E-state index is 12.3. The lowest BCUT2D eigenvalue weighted by Gasteiger charge is -2.11. The monoisotopic (exact) mass is 395 g/mol. The molecule has 2 N–H and O–H groups in total. The second-order valence-electron chi connectivity index (χ2n) is 6.15. The maximum atomic E-state index is 12.3. The number of hydrogen-bond donors (Lipinski definition) is 2. The van der Waals surface area contributed by atoms with Gasteiger partial charge in [0.05, 0.1) is 17.5 Å². The van der Waals surface area contributed by atoms with Crippen LogP contribution in [0.1, 0.15) is 18.7 Å². The minimum Gasteiger partial charge on any atom is -0.508 e. The number of nitrogens with zero attached hydrogens (tertiary/aromatic N) is 4. The second kappa shape index (κ2) is 7.73. The number of rotatable bonds is 6. The Balaban J connectivity index is 1.38. The second-order valence-corrected chi connectivity index (χ2v) is 7.10. The number of carbonyl (C=O) groups excluding carboxylic acids is 1. The van der Waals surface area contributed by atoms with Crippen LogP contribution in [0.3, 0.4) is 0 Å². The molecule has 2 aromatic heterocycles. The number of amides is 1. The predicted octanol–water partition coefficient (Wildman–Crippen LogP) is 3.08. The third kappa shape index (κ3) is 3.84. The van der Waals surface area contributed by atoms with E-state index in [9.17, 15) is 9.90 Å². The Kier molecular flexibility index (Phi) is 4.98. The van der Waals surface area contributed by atoms with Crippen molar-refractivity contribution in [1.29, 1.82) is 0 Å². The van der Waals surface area contributed by atoms with Crippen LogP contribution in [0, 0.1) is 0 Å². The van der Waals surface area contributed by atoms with Gasteiger partial charge in [0.25, 0.3) is 0 Å². The normalized spacial score (nSPS) is 12.2. The lowest BCUT2D eigenvalue weighted by molar-refractivity contribution is -0.119. The molecule has 0 unspecified atom stereocenters.